The molecule has 0 aromatic carbocycles. The fourth-order valence-corrected chi connectivity index (χ4v) is 1.82. The van der Waals surface area contributed by atoms with Gasteiger partial charge in [-0.25, -0.2) is 0 Å². The second kappa shape index (κ2) is 3.24. The van der Waals surface area contributed by atoms with Crippen LogP contribution in [0.5, 0.6) is 0 Å². The second-order valence-electron chi connectivity index (χ2n) is 4.29. The summed E-state index contributed by atoms with van der Waals surface area (Å²) >= 11 is 0. The van der Waals surface area contributed by atoms with E-state index >= 15 is 0 Å². The third kappa shape index (κ3) is 1.60. The molecule has 0 radical (unpaired) electrons. The second-order valence-corrected chi connectivity index (χ2v) is 4.29. The van der Waals surface area contributed by atoms with Crippen LogP contribution in [0, 0.1) is 6.92 Å². The summed E-state index contributed by atoms with van der Waals surface area (Å²) in [5.74, 6) is 0. The number of nitrogens with zero attached hydrogens (tertiary/aromatic N) is 1. The molecule has 2 rings (SSSR count). The van der Waals surface area contributed by atoms with Crippen LogP contribution in [-0.4, -0.2) is 22.2 Å². The average Bonchev–Trinajstić information content (AvgIpc) is 2.19. The lowest BCUT2D eigenvalue weighted by molar-refractivity contribution is 0.211. The minimum Gasteiger partial charge on any atom is -0.394 e. The van der Waals surface area contributed by atoms with Crippen molar-refractivity contribution >= 4 is 5.69 Å². The minimum atomic E-state index is -0.177. The summed E-state index contributed by atoms with van der Waals surface area (Å²) in [6.45, 7) is 4.20. The Hall–Kier alpha value is -1.09. The first-order valence-corrected chi connectivity index (χ1v) is 4.98. The topological polar surface area (TPSA) is 45.2 Å². The van der Waals surface area contributed by atoms with Crippen molar-refractivity contribution in [3.05, 3.63) is 23.5 Å². The first kappa shape index (κ1) is 9.46. The van der Waals surface area contributed by atoms with Gasteiger partial charge in [0.1, 0.15) is 0 Å². The van der Waals surface area contributed by atoms with Crippen LogP contribution in [0.25, 0.3) is 0 Å². The summed E-state index contributed by atoms with van der Waals surface area (Å²) in [4.78, 5) is 4.47. The molecular weight excluding hydrogens is 176 g/mol. The standard InChI is InChI=1S/C11H16N2O/c1-8-3-4-10-9(12-8)5-6-11(2,7-14)13-10/h3-4,13-14H,5-7H2,1-2H3. The number of aromatic nitrogens is 1. The van der Waals surface area contributed by atoms with Crippen molar-refractivity contribution in [2.45, 2.75) is 32.2 Å². The van der Waals surface area contributed by atoms with Crippen molar-refractivity contribution in [2.24, 2.45) is 0 Å². The molecule has 1 aromatic heterocycles. The predicted octanol–water partition coefficient (Wildman–Crippen LogP) is 1.50. The van der Waals surface area contributed by atoms with Gasteiger partial charge in [0.25, 0.3) is 0 Å². The van der Waals surface area contributed by atoms with Gasteiger partial charge in [-0.15, -0.1) is 0 Å². The van der Waals surface area contributed by atoms with E-state index < -0.39 is 0 Å². The molecule has 0 aliphatic carbocycles. The molecule has 14 heavy (non-hydrogen) atoms. The van der Waals surface area contributed by atoms with Crippen LogP contribution in [0.15, 0.2) is 12.1 Å². The molecule has 1 atom stereocenters. The van der Waals surface area contributed by atoms with Gasteiger partial charge in [-0.3, -0.25) is 4.98 Å². The Labute approximate surface area is 84.2 Å². The molecule has 0 saturated carbocycles. The first-order valence-electron chi connectivity index (χ1n) is 4.98. The normalized spacial score (nSPS) is 25.4. The number of nitrogens with one attached hydrogen (secondary N) is 1. The SMILES string of the molecule is Cc1ccc2c(n1)CCC(C)(CO)N2. The number of hydrogen-bond acceptors (Lipinski definition) is 3. The largest absolute Gasteiger partial charge is 0.394 e. The number of aryl methyl sites for hydroxylation is 2. The van der Waals surface area contributed by atoms with Gasteiger partial charge in [0, 0.05) is 5.69 Å². The van der Waals surface area contributed by atoms with Gasteiger partial charge in [0.15, 0.2) is 0 Å². The molecule has 0 bridgehead atoms. The Kier molecular flexibility index (Phi) is 2.19. The van der Waals surface area contributed by atoms with Gasteiger partial charge in [-0.05, 0) is 38.8 Å². The van der Waals surface area contributed by atoms with E-state index in [1.54, 1.807) is 0 Å². The fourth-order valence-electron chi connectivity index (χ4n) is 1.82. The highest BCUT2D eigenvalue weighted by molar-refractivity contribution is 5.52. The van der Waals surface area contributed by atoms with Crippen LogP contribution in [-0.2, 0) is 6.42 Å². The summed E-state index contributed by atoms with van der Waals surface area (Å²) in [6.07, 6.45) is 1.88. The van der Waals surface area contributed by atoms with Gasteiger partial charge in [-0.1, -0.05) is 0 Å². The molecule has 0 saturated heterocycles. The molecular formula is C11H16N2O. The Bertz CT molecular complexity index is 351. The Morgan fingerprint density at radius 1 is 1.57 bits per heavy atom. The molecule has 2 heterocycles. The third-order valence-corrected chi connectivity index (χ3v) is 2.81. The van der Waals surface area contributed by atoms with Crippen molar-refractivity contribution in [1.82, 2.24) is 4.98 Å². The summed E-state index contributed by atoms with van der Waals surface area (Å²) in [7, 11) is 0. The number of anilines is 1. The van der Waals surface area contributed by atoms with Crippen molar-refractivity contribution in [1.29, 1.82) is 0 Å². The number of hydrogen-bond donors (Lipinski definition) is 2. The maximum Gasteiger partial charge on any atom is 0.0658 e. The minimum absolute atomic E-state index is 0.167. The van der Waals surface area contributed by atoms with E-state index in [1.165, 1.54) is 0 Å². The molecule has 1 unspecified atom stereocenters. The van der Waals surface area contributed by atoms with E-state index in [0.717, 1.165) is 29.9 Å². The van der Waals surface area contributed by atoms with Crippen molar-refractivity contribution < 1.29 is 5.11 Å². The molecule has 0 fully saturated rings. The predicted molar refractivity (Wildman–Crippen MR) is 56.4 cm³/mol. The number of pyridine rings is 1. The first-order chi connectivity index (χ1) is 6.63. The van der Waals surface area contributed by atoms with Crippen LogP contribution in [0.4, 0.5) is 5.69 Å². The molecule has 3 heteroatoms. The Morgan fingerprint density at radius 3 is 3.07 bits per heavy atom. The van der Waals surface area contributed by atoms with Crippen LogP contribution in [0.3, 0.4) is 0 Å². The smallest absolute Gasteiger partial charge is 0.0658 e. The molecule has 1 aliphatic heterocycles. The van der Waals surface area contributed by atoms with Gasteiger partial charge in [0.2, 0.25) is 0 Å². The van der Waals surface area contributed by atoms with Crippen molar-refractivity contribution in [3.8, 4) is 0 Å². The summed E-state index contributed by atoms with van der Waals surface area (Å²) < 4.78 is 0. The van der Waals surface area contributed by atoms with Gasteiger partial charge >= 0.3 is 0 Å². The van der Waals surface area contributed by atoms with E-state index in [9.17, 15) is 5.11 Å². The molecule has 0 amide bonds. The number of aliphatic hydroxyl groups excluding tert-OH is 1. The maximum atomic E-state index is 9.25. The average molecular weight is 192 g/mol. The van der Waals surface area contributed by atoms with Gasteiger partial charge < -0.3 is 10.4 Å². The lowest BCUT2D eigenvalue weighted by atomic mass is 9.91. The summed E-state index contributed by atoms with van der Waals surface area (Å²) in [5.41, 5.74) is 3.07. The fraction of sp³-hybridized carbons (Fsp3) is 0.545. The number of rotatable bonds is 1. The zero-order valence-corrected chi connectivity index (χ0v) is 8.67. The van der Waals surface area contributed by atoms with Crippen LogP contribution in [0.2, 0.25) is 0 Å². The van der Waals surface area contributed by atoms with E-state index in [0.29, 0.717) is 0 Å². The van der Waals surface area contributed by atoms with Crippen molar-refractivity contribution in [2.75, 3.05) is 11.9 Å². The molecule has 0 spiro atoms. The van der Waals surface area contributed by atoms with Gasteiger partial charge in [-0.2, -0.15) is 0 Å². The zero-order chi connectivity index (χ0) is 10.2. The van der Waals surface area contributed by atoms with E-state index in [1.807, 2.05) is 26.0 Å². The summed E-state index contributed by atoms with van der Waals surface area (Å²) in [5, 5.41) is 12.6. The highest BCUT2D eigenvalue weighted by Gasteiger charge is 2.28. The molecule has 1 aromatic rings. The lowest BCUT2D eigenvalue weighted by Gasteiger charge is -2.34. The highest BCUT2D eigenvalue weighted by atomic mass is 16.3. The number of fused-ring (bicyclic) bond motifs is 1. The third-order valence-electron chi connectivity index (χ3n) is 2.81. The van der Waals surface area contributed by atoms with Crippen LogP contribution < -0.4 is 5.32 Å². The molecule has 1 aliphatic rings. The zero-order valence-electron chi connectivity index (χ0n) is 8.67. The lowest BCUT2D eigenvalue weighted by Crippen LogP contribution is -2.42. The molecule has 76 valence electrons. The molecule has 2 N–H and O–H groups in total. The Morgan fingerprint density at radius 2 is 2.36 bits per heavy atom. The highest BCUT2D eigenvalue weighted by Crippen LogP contribution is 2.29. The number of aliphatic hydroxyl groups is 1. The Balaban J connectivity index is 2.31. The van der Waals surface area contributed by atoms with E-state index in [2.05, 4.69) is 10.3 Å². The monoisotopic (exact) mass is 192 g/mol. The maximum absolute atomic E-state index is 9.25. The summed E-state index contributed by atoms with van der Waals surface area (Å²) in [6, 6.07) is 4.04. The molecule has 3 nitrogen and oxygen atoms in total. The van der Waals surface area contributed by atoms with Crippen LogP contribution in [0.1, 0.15) is 24.7 Å². The van der Waals surface area contributed by atoms with E-state index in [-0.39, 0.29) is 12.1 Å². The van der Waals surface area contributed by atoms with E-state index in [4.69, 9.17) is 0 Å². The van der Waals surface area contributed by atoms with Crippen molar-refractivity contribution in [3.63, 3.8) is 0 Å². The quantitative estimate of drug-likeness (QED) is 0.708. The van der Waals surface area contributed by atoms with Crippen LogP contribution >= 0.6 is 0 Å². The van der Waals surface area contributed by atoms with Gasteiger partial charge in [0.05, 0.1) is 23.5 Å².